The second kappa shape index (κ2) is 6.79. The van der Waals surface area contributed by atoms with Crippen molar-refractivity contribution in [2.45, 2.75) is 45.8 Å². The van der Waals surface area contributed by atoms with Crippen molar-refractivity contribution in [1.82, 2.24) is 5.32 Å². The summed E-state index contributed by atoms with van der Waals surface area (Å²) >= 11 is 0. The quantitative estimate of drug-likeness (QED) is 0.789. The molecule has 0 aliphatic rings. The van der Waals surface area contributed by atoms with Gasteiger partial charge < -0.3 is 10.1 Å². The van der Waals surface area contributed by atoms with Gasteiger partial charge in [-0.05, 0) is 40.2 Å². The summed E-state index contributed by atoms with van der Waals surface area (Å²) in [6, 6.07) is -0.211. The van der Waals surface area contributed by atoms with Crippen molar-refractivity contribution >= 4 is 27.7 Å². The first-order chi connectivity index (χ1) is 7.60. The molecule has 0 spiro atoms. The van der Waals surface area contributed by atoms with Crippen molar-refractivity contribution in [3.05, 3.63) is 0 Å². The van der Waals surface area contributed by atoms with Crippen LogP contribution >= 0.6 is 10.5 Å². The van der Waals surface area contributed by atoms with Crippen LogP contribution in [0.2, 0.25) is 0 Å². The van der Waals surface area contributed by atoms with Crippen LogP contribution < -0.4 is 5.32 Å². The van der Waals surface area contributed by atoms with Gasteiger partial charge in [-0.25, -0.2) is 4.79 Å². The van der Waals surface area contributed by atoms with Gasteiger partial charge in [0.1, 0.15) is 5.60 Å². The molecule has 0 saturated heterocycles. The fourth-order valence-electron chi connectivity index (χ4n) is 1.17. The zero-order chi connectivity index (χ0) is 13.6. The average Bonchev–Trinajstić information content (AvgIpc) is 1.95. The maximum atomic E-state index is 11.5. The molecular formula is C12H23NO3S. The number of carbonyl (C=O) groups excluding carboxylic acids is 2. The summed E-state index contributed by atoms with van der Waals surface area (Å²) in [6.45, 7) is 7.20. The molecule has 4 nitrogen and oxygen atoms in total. The smallest absolute Gasteiger partial charge is 0.407 e. The number of ether oxygens (including phenoxy) is 1. The number of hydrogen-bond acceptors (Lipinski definition) is 3. The summed E-state index contributed by atoms with van der Waals surface area (Å²) in [7, 11) is -0.00912. The molecule has 5 heteroatoms. The Bertz CT molecular complexity index is 314. The molecule has 100 valence electrons. The molecule has 0 radical (unpaired) electrons. The van der Waals surface area contributed by atoms with E-state index in [0.29, 0.717) is 6.42 Å². The van der Waals surface area contributed by atoms with Crippen LogP contribution in [-0.4, -0.2) is 41.4 Å². The summed E-state index contributed by atoms with van der Waals surface area (Å²) in [4.78, 5) is 22.9. The molecule has 0 saturated carbocycles. The van der Waals surface area contributed by atoms with E-state index in [4.69, 9.17) is 4.74 Å². The number of alkyl carbamates (subject to hydrolysis) is 1. The molecule has 1 N–H and O–H groups in total. The van der Waals surface area contributed by atoms with Crippen molar-refractivity contribution in [3.8, 4) is 0 Å². The average molecular weight is 261 g/mol. The van der Waals surface area contributed by atoms with Gasteiger partial charge in [-0.1, -0.05) is 0 Å². The fraction of sp³-hybridized carbons (Fsp3) is 0.750. The van der Waals surface area contributed by atoms with Crippen molar-refractivity contribution in [1.29, 1.82) is 0 Å². The Balaban J connectivity index is 4.11. The van der Waals surface area contributed by atoms with Crippen LogP contribution in [0, 0.1) is 0 Å². The number of carbonyl (C=O) groups is 2. The third kappa shape index (κ3) is 10.1. The molecular weight excluding hydrogens is 238 g/mol. The van der Waals surface area contributed by atoms with Crippen molar-refractivity contribution in [2.75, 3.05) is 12.5 Å². The lowest BCUT2D eigenvalue weighted by molar-refractivity contribution is -0.112. The van der Waals surface area contributed by atoms with Gasteiger partial charge in [0.25, 0.3) is 0 Å². The monoisotopic (exact) mass is 261 g/mol. The van der Waals surface area contributed by atoms with Crippen LogP contribution in [-0.2, 0) is 9.53 Å². The zero-order valence-electron chi connectivity index (χ0n) is 11.5. The Kier molecular flexibility index (Phi) is 6.45. The number of amides is 1. The maximum absolute atomic E-state index is 11.5. The lowest BCUT2D eigenvalue weighted by Crippen LogP contribution is -2.38. The van der Waals surface area contributed by atoms with Crippen LogP contribution in [0.3, 0.4) is 0 Å². The molecule has 0 heterocycles. The van der Waals surface area contributed by atoms with Gasteiger partial charge >= 0.3 is 6.09 Å². The molecule has 0 aromatic rings. The highest BCUT2D eigenvalue weighted by atomic mass is 32.2. The third-order valence-corrected chi connectivity index (χ3v) is 2.37. The first-order valence-corrected chi connectivity index (χ1v) is 7.64. The van der Waals surface area contributed by atoms with E-state index in [2.05, 4.69) is 5.32 Å². The van der Waals surface area contributed by atoms with Crippen LogP contribution in [0.1, 0.15) is 34.1 Å². The molecule has 0 aromatic carbocycles. The zero-order valence-corrected chi connectivity index (χ0v) is 12.3. The standard InChI is InChI=1S/C12H23NO3S/c1-9(7-10(14)8-17(5)6)13-11(15)16-12(2,3)4/h8-9H,7H2,1-6H3,(H,13,15)/t9-/m0/s1. The van der Waals surface area contributed by atoms with E-state index in [1.165, 1.54) is 0 Å². The van der Waals surface area contributed by atoms with Gasteiger partial charge in [0.2, 0.25) is 0 Å². The van der Waals surface area contributed by atoms with E-state index >= 15 is 0 Å². The van der Waals surface area contributed by atoms with E-state index in [0.717, 1.165) is 0 Å². The molecule has 1 amide bonds. The van der Waals surface area contributed by atoms with Gasteiger partial charge in [-0.3, -0.25) is 4.79 Å². The van der Waals surface area contributed by atoms with E-state index in [9.17, 15) is 9.59 Å². The van der Waals surface area contributed by atoms with Crippen LogP contribution in [0.25, 0.3) is 0 Å². The molecule has 1 atom stereocenters. The molecule has 17 heavy (non-hydrogen) atoms. The Labute approximate surface area is 106 Å². The Morgan fingerprint density at radius 3 is 2.29 bits per heavy atom. The predicted octanol–water partition coefficient (Wildman–Crippen LogP) is 2.19. The number of rotatable bonds is 4. The molecule has 0 bridgehead atoms. The SMILES string of the molecule is C[C@@H](CC(=O)C=S(C)C)NC(=O)OC(C)(C)C. The first kappa shape index (κ1) is 16.2. The summed E-state index contributed by atoms with van der Waals surface area (Å²) in [6.07, 6.45) is 3.78. The van der Waals surface area contributed by atoms with E-state index in [1.54, 1.807) is 33.1 Å². The second-order valence-corrected chi connectivity index (χ2v) is 7.21. The Morgan fingerprint density at radius 2 is 1.88 bits per heavy atom. The molecule has 0 aliphatic heterocycles. The molecule has 0 aromatic heterocycles. The predicted molar refractivity (Wildman–Crippen MR) is 74.0 cm³/mol. The first-order valence-electron chi connectivity index (χ1n) is 5.54. The van der Waals surface area contributed by atoms with Gasteiger partial charge in [-0.2, -0.15) is 10.5 Å². The van der Waals surface area contributed by atoms with Gasteiger partial charge in [0.15, 0.2) is 5.78 Å². The van der Waals surface area contributed by atoms with Crippen LogP contribution in [0.4, 0.5) is 4.79 Å². The number of Topliss-reactive ketones (excluding diaryl/α,β-unsaturated/α-hetero) is 1. The van der Waals surface area contributed by atoms with Crippen molar-refractivity contribution in [3.63, 3.8) is 0 Å². The van der Waals surface area contributed by atoms with Gasteiger partial charge in [-0.15, -0.1) is 0 Å². The summed E-state index contributed by atoms with van der Waals surface area (Å²) in [5, 5.41) is 4.33. The topological polar surface area (TPSA) is 55.4 Å². The molecule has 0 fully saturated rings. The summed E-state index contributed by atoms with van der Waals surface area (Å²) in [5.74, 6) is 0.0573. The largest absolute Gasteiger partial charge is 0.444 e. The number of hydrogen-bond donors (Lipinski definition) is 1. The van der Waals surface area contributed by atoms with Crippen molar-refractivity contribution < 1.29 is 14.3 Å². The van der Waals surface area contributed by atoms with E-state index in [-0.39, 0.29) is 22.3 Å². The highest BCUT2D eigenvalue weighted by Crippen LogP contribution is 2.07. The van der Waals surface area contributed by atoms with Gasteiger partial charge in [0, 0.05) is 17.8 Å². The number of ketones is 1. The van der Waals surface area contributed by atoms with Crippen LogP contribution in [0.5, 0.6) is 0 Å². The molecule has 0 unspecified atom stereocenters. The number of nitrogens with one attached hydrogen (secondary N) is 1. The molecule has 0 aliphatic carbocycles. The Morgan fingerprint density at radius 1 is 1.35 bits per heavy atom. The fourth-order valence-corrected chi connectivity index (χ4v) is 1.79. The third-order valence-electron chi connectivity index (χ3n) is 1.64. The maximum Gasteiger partial charge on any atom is 0.407 e. The van der Waals surface area contributed by atoms with Crippen LogP contribution in [0.15, 0.2) is 0 Å². The van der Waals surface area contributed by atoms with Gasteiger partial charge in [0.05, 0.1) is 0 Å². The molecule has 0 rings (SSSR count). The van der Waals surface area contributed by atoms with E-state index < -0.39 is 11.7 Å². The second-order valence-electron chi connectivity index (χ2n) is 5.22. The highest BCUT2D eigenvalue weighted by molar-refractivity contribution is 8.14. The minimum atomic E-state index is -0.515. The summed E-state index contributed by atoms with van der Waals surface area (Å²) in [5.41, 5.74) is -0.515. The van der Waals surface area contributed by atoms with Crippen molar-refractivity contribution in [2.24, 2.45) is 0 Å². The lowest BCUT2D eigenvalue weighted by Gasteiger charge is -2.21. The minimum Gasteiger partial charge on any atom is -0.444 e. The van der Waals surface area contributed by atoms with E-state index in [1.807, 2.05) is 12.5 Å². The summed E-state index contributed by atoms with van der Waals surface area (Å²) < 4.78 is 5.10. The normalized spacial score (nSPS) is 13.1. The highest BCUT2D eigenvalue weighted by Gasteiger charge is 2.18. The Hall–Kier alpha value is -0.840. The lowest BCUT2D eigenvalue weighted by atomic mass is 10.2. The minimum absolute atomic E-state index is 0.00912.